The third kappa shape index (κ3) is 8.06. The Labute approximate surface area is 215 Å². The molecule has 1 N–H and O–H groups in total. The SMILES string of the molecule is Cn1cc([P+](CCCCCCCCCCCC(=O)O)(c2ccccc2)c2ccccc2)cn1.[Br-]. The Hall–Kier alpha value is -1.97. The molecule has 3 rings (SSSR count). The molecule has 0 atom stereocenters. The van der Waals surface area contributed by atoms with Gasteiger partial charge in [0, 0.05) is 13.5 Å². The summed E-state index contributed by atoms with van der Waals surface area (Å²) in [7, 11) is 0.264. The quantitative estimate of drug-likeness (QED) is 0.236. The number of rotatable bonds is 15. The van der Waals surface area contributed by atoms with E-state index in [1.807, 2.05) is 11.7 Å². The summed E-state index contributed by atoms with van der Waals surface area (Å²) < 4.78 is 1.94. The van der Waals surface area contributed by atoms with Crippen LogP contribution in [-0.4, -0.2) is 27.0 Å². The Morgan fingerprint density at radius 2 is 1.24 bits per heavy atom. The lowest BCUT2D eigenvalue weighted by Crippen LogP contribution is -3.00. The van der Waals surface area contributed by atoms with Crippen LogP contribution in [0.1, 0.15) is 64.2 Å². The van der Waals surface area contributed by atoms with Crippen molar-refractivity contribution in [3.8, 4) is 0 Å². The smallest absolute Gasteiger partial charge is 0.303 e. The van der Waals surface area contributed by atoms with E-state index in [1.54, 1.807) is 0 Å². The first-order chi connectivity index (χ1) is 16.1. The third-order valence-electron chi connectivity index (χ3n) is 6.41. The average molecular weight is 546 g/mol. The summed E-state index contributed by atoms with van der Waals surface area (Å²) in [5, 5.41) is 17.5. The van der Waals surface area contributed by atoms with E-state index >= 15 is 0 Å². The minimum Gasteiger partial charge on any atom is -1.00 e. The highest BCUT2D eigenvalue weighted by Gasteiger charge is 2.45. The fourth-order valence-electron chi connectivity index (χ4n) is 4.67. The molecule has 0 saturated heterocycles. The van der Waals surface area contributed by atoms with Crippen LogP contribution in [0.2, 0.25) is 0 Å². The Balaban J connectivity index is 0.00000408. The van der Waals surface area contributed by atoms with Gasteiger partial charge >= 0.3 is 5.97 Å². The van der Waals surface area contributed by atoms with Crippen LogP contribution >= 0.6 is 7.26 Å². The molecule has 6 heteroatoms. The van der Waals surface area contributed by atoms with E-state index < -0.39 is 13.2 Å². The molecule has 184 valence electrons. The van der Waals surface area contributed by atoms with Gasteiger partial charge in [0.15, 0.2) is 0 Å². The number of carboxylic acid groups (broad SMARTS) is 1. The second kappa shape index (κ2) is 15.1. The summed E-state index contributed by atoms with van der Waals surface area (Å²) in [5.41, 5.74) is 0. The molecule has 1 aromatic heterocycles. The number of hydrogen-bond acceptors (Lipinski definition) is 2. The predicted octanol–water partition coefficient (Wildman–Crippen LogP) is 2.70. The number of aliphatic carboxylic acids is 1. The molecule has 0 radical (unpaired) electrons. The molecule has 0 saturated carbocycles. The van der Waals surface area contributed by atoms with Crippen LogP contribution in [0.15, 0.2) is 73.1 Å². The molecule has 34 heavy (non-hydrogen) atoms. The molecular weight excluding hydrogens is 507 g/mol. The van der Waals surface area contributed by atoms with E-state index in [-0.39, 0.29) is 17.0 Å². The van der Waals surface area contributed by atoms with E-state index in [9.17, 15) is 4.79 Å². The molecule has 0 fully saturated rings. The van der Waals surface area contributed by atoms with Crippen LogP contribution in [-0.2, 0) is 11.8 Å². The summed E-state index contributed by atoms with van der Waals surface area (Å²) in [6.07, 6.45) is 16.3. The van der Waals surface area contributed by atoms with Crippen molar-refractivity contribution in [3.63, 3.8) is 0 Å². The van der Waals surface area contributed by atoms with Gasteiger partial charge < -0.3 is 22.1 Å². The molecule has 0 aliphatic heterocycles. The molecule has 4 nitrogen and oxygen atoms in total. The molecule has 0 spiro atoms. The minimum atomic E-state index is -1.75. The van der Waals surface area contributed by atoms with Gasteiger partial charge in [-0.2, -0.15) is 5.10 Å². The largest absolute Gasteiger partial charge is 1.00 e. The predicted molar refractivity (Wildman–Crippen MR) is 141 cm³/mol. The first kappa shape index (κ1) is 28.3. The first-order valence-electron chi connectivity index (χ1n) is 12.3. The van der Waals surface area contributed by atoms with Crippen molar-refractivity contribution in [1.29, 1.82) is 0 Å². The van der Waals surface area contributed by atoms with Gasteiger partial charge in [0.2, 0.25) is 0 Å². The van der Waals surface area contributed by atoms with Crippen LogP contribution in [0, 0.1) is 0 Å². The Morgan fingerprint density at radius 1 is 0.765 bits per heavy atom. The summed E-state index contributed by atoms with van der Waals surface area (Å²) in [6.45, 7) is 0. The summed E-state index contributed by atoms with van der Waals surface area (Å²) in [6, 6.07) is 22.1. The zero-order chi connectivity index (χ0) is 23.4. The van der Waals surface area contributed by atoms with Gasteiger partial charge in [-0.1, -0.05) is 74.9 Å². The number of halogens is 1. The fraction of sp³-hybridized carbons (Fsp3) is 0.429. The summed E-state index contributed by atoms with van der Waals surface area (Å²) in [4.78, 5) is 10.6. The van der Waals surface area contributed by atoms with E-state index in [0.717, 1.165) is 19.3 Å². The maximum Gasteiger partial charge on any atom is 0.303 e. The monoisotopic (exact) mass is 544 g/mol. The summed E-state index contributed by atoms with van der Waals surface area (Å²) >= 11 is 0. The topological polar surface area (TPSA) is 55.1 Å². The number of carbonyl (C=O) groups is 1. The molecule has 2 aromatic carbocycles. The van der Waals surface area contributed by atoms with E-state index in [1.165, 1.54) is 60.6 Å². The molecular formula is C28H38BrN2O2P. The van der Waals surface area contributed by atoms with Crippen LogP contribution in [0.4, 0.5) is 0 Å². The van der Waals surface area contributed by atoms with Crippen molar-refractivity contribution in [1.82, 2.24) is 9.78 Å². The first-order valence-corrected chi connectivity index (χ1v) is 14.3. The number of benzene rings is 2. The molecule has 0 unspecified atom stereocenters. The van der Waals surface area contributed by atoms with Crippen LogP contribution in [0.3, 0.4) is 0 Å². The Morgan fingerprint density at radius 3 is 1.68 bits per heavy atom. The summed E-state index contributed by atoms with van der Waals surface area (Å²) in [5.74, 6) is -0.675. The highest BCUT2D eigenvalue weighted by atomic mass is 79.9. The number of aryl methyl sites for hydroxylation is 1. The Kier molecular flexibility index (Phi) is 12.6. The molecule has 1 heterocycles. The van der Waals surface area contributed by atoms with Gasteiger partial charge in [-0.15, -0.1) is 0 Å². The van der Waals surface area contributed by atoms with Crippen LogP contribution in [0.5, 0.6) is 0 Å². The number of nitrogens with zero attached hydrogens (tertiary/aromatic N) is 2. The second-order valence-electron chi connectivity index (χ2n) is 8.90. The van der Waals surface area contributed by atoms with E-state index in [4.69, 9.17) is 5.11 Å². The van der Waals surface area contributed by atoms with Crippen molar-refractivity contribution in [2.24, 2.45) is 7.05 Å². The van der Waals surface area contributed by atoms with Crippen molar-refractivity contribution in [2.75, 3.05) is 6.16 Å². The zero-order valence-electron chi connectivity index (χ0n) is 20.3. The van der Waals surface area contributed by atoms with Crippen molar-refractivity contribution < 1.29 is 26.9 Å². The van der Waals surface area contributed by atoms with Crippen LogP contribution in [0.25, 0.3) is 0 Å². The standard InChI is InChI=1S/C28H37N2O2P.BrH/c1-30-24-27(23-29-30)33(25-17-11-9-12-18-25,26-19-13-10-14-20-26)22-16-8-6-4-2-3-5-7-15-21-28(31)32;/h9-14,17-20,23-24H,2-8,15-16,21-22H2,1H3;1H. The van der Waals surface area contributed by atoms with Gasteiger partial charge in [0.25, 0.3) is 0 Å². The lowest BCUT2D eigenvalue weighted by molar-refractivity contribution is -0.137. The lowest BCUT2D eigenvalue weighted by Gasteiger charge is -2.26. The van der Waals surface area contributed by atoms with Gasteiger partial charge in [0.05, 0.1) is 18.6 Å². The normalized spacial score (nSPS) is 11.2. The van der Waals surface area contributed by atoms with Gasteiger partial charge in [0.1, 0.15) is 23.2 Å². The number of carboxylic acids is 1. The van der Waals surface area contributed by atoms with Gasteiger partial charge in [-0.25, -0.2) is 0 Å². The minimum absolute atomic E-state index is 0. The van der Waals surface area contributed by atoms with Gasteiger partial charge in [-0.05, 0) is 43.5 Å². The third-order valence-corrected chi connectivity index (χ3v) is 10.9. The second-order valence-corrected chi connectivity index (χ2v) is 12.5. The van der Waals surface area contributed by atoms with Crippen molar-refractivity contribution in [3.05, 3.63) is 73.1 Å². The molecule has 3 aromatic rings. The molecule has 0 amide bonds. The fourth-order valence-corrected chi connectivity index (χ4v) is 9.01. The maximum atomic E-state index is 10.6. The number of hydrogen-bond donors (Lipinski definition) is 1. The van der Waals surface area contributed by atoms with Gasteiger partial charge in [-0.3, -0.25) is 9.48 Å². The average Bonchev–Trinajstić information content (AvgIpc) is 3.27. The van der Waals surface area contributed by atoms with Crippen molar-refractivity contribution in [2.45, 2.75) is 64.2 Å². The zero-order valence-corrected chi connectivity index (χ0v) is 22.8. The molecule has 0 aliphatic rings. The Bertz CT molecular complexity index is 923. The highest BCUT2D eigenvalue weighted by Crippen LogP contribution is 2.55. The number of unbranched alkanes of at least 4 members (excludes halogenated alkanes) is 8. The van der Waals surface area contributed by atoms with E-state index in [0.29, 0.717) is 6.42 Å². The van der Waals surface area contributed by atoms with Crippen LogP contribution < -0.4 is 32.9 Å². The maximum absolute atomic E-state index is 10.6. The van der Waals surface area contributed by atoms with E-state index in [2.05, 4.69) is 78.2 Å². The molecule has 0 bridgehead atoms. The lowest BCUT2D eigenvalue weighted by atomic mass is 10.1. The highest BCUT2D eigenvalue weighted by molar-refractivity contribution is 7.95. The molecule has 0 aliphatic carbocycles. The number of aromatic nitrogens is 2. The van der Waals surface area contributed by atoms with Crippen molar-refractivity contribution >= 4 is 29.1 Å².